The normalized spacial score (nSPS) is 22.7. The van der Waals surface area contributed by atoms with Gasteiger partial charge < -0.3 is 14.2 Å². The number of benzene rings is 2. The van der Waals surface area contributed by atoms with Crippen LogP contribution >= 0.6 is 0 Å². The van der Waals surface area contributed by atoms with Gasteiger partial charge >= 0.3 is 5.97 Å². The lowest BCUT2D eigenvalue weighted by Gasteiger charge is -2.48. The Balaban J connectivity index is 1.64. The van der Waals surface area contributed by atoms with Crippen molar-refractivity contribution in [3.63, 3.8) is 0 Å². The molecule has 0 aliphatic carbocycles. The lowest BCUT2D eigenvalue weighted by Crippen LogP contribution is -2.49. The molecule has 1 saturated heterocycles. The van der Waals surface area contributed by atoms with Crippen LogP contribution in [-0.4, -0.2) is 43.2 Å². The van der Waals surface area contributed by atoms with Crippen molar-refractivity contribution in [2.45, 2.75) is 37.8 Å². The summed E-state index contributed by atoms with van der Waals surface area (Å²) in [4.78, 5) is 19.6. The van der Waals surface area contributed by atoms with Gasteiger partial charge in [-0.25, -0.2) is 0 Å². The summed E-state index contributed by atoms with van der Waals surface area (Å²) in [6.07, 6.45) is 4.14. The van der Waals surface area contributed by atoms with Crippen LogP contribution in [0.25, 0.3) is 10.8 Å². The van der Waals surface area contributed by atoms with Crippen LogP contribution in [0.2, 0.25) is 0 Å². The van der Waals surface area contributed by atoms with Gasteiger partial charge in [-0.1, -0.05) is 24.3 Å². The molecule has 3 aromatic rings. The molecule has 0 bridgehead atoms. The third-order valence-electron chi connectivity index (χ3n) is 6.88. The number of nitrogens with zero attached hydrogens (tertiary/aromatic N) is 2. The van der Waals surface area contributed by atoms with Crippen LogP contribution in [0.4, 0.5) is 0 Å². The average molecular weight is 433 g/mol. The van der Waals surface area contributed by atoms with Gasteiger partial charge in [0.1, 0.15) is 0 Å². The summed E-state index contributed by atoms with van der Waals surface area (Å²) in [5.41, 5.74) is 2.53. The molecule has 32 heavy (non-hydrogen) atoms. The van der Waals surface area contributed by atoms with Gasteiger partial charge in [0.05, 0.1) is 19.9 Å². The average Bonchev–Trinajstić information content (AvgIpc) is 2.82. The number of hydrogen-bond donors (Lipinski definition) is 0. The lowest BCUT2D eigenvalue weighted by atomic mass is 9.76. The number of piperidine rings is 1. The van der Waals surface area contributed by atoms with Crippen molar-refractivity contribution in [1.29, 1.82) is 0 Å². The summed E-state index contributed by atoms with van der Waals surface area (Å²) in [7, 11) is 3.33. The lowest BCUT2D eigenvalue weighted by molar-refractivity contribution is -0.168. The van der Waals surface area contributed by atoms with E-state index in [1.54, 1.807) is 14.2 Å². The van der Waals surface area contributed by atoms with E-state index < -0.39 is 5.60 Å². The molecule has 1 fully saturated rings. The highest BCUT2D eigenvalue weighted by Gasteiger charge is 2.47. The van der Waals surface area contributed by atoms with E-state index in [9.17, 15) is 4.79 Å². The third-order valence-corrected chi connectivity index (χ3v) is 6.88. The molecule has 2 atom stereocenters. The van der Waals surface area contributed by atoms with E-state index in [2.05, 4.69) is 29.2 Å². The van der Waals surface area contributed by atoms with Crippen molar-refractivity contribution in [3.8, 4) is 11.5 Å². The van der Waals surface area contributed by atoms with Crippen LogP contribution in [-0.2, 0) is 21.6 Å². The molecular weight excluding hydrogens is 404 g/mol. The molecule has 166 valence electrons. The smallest absolute Gasteiger partial charge is 0.303 e. The predicted octanol–water partition coefficient (Wildman–Crippen LogP) is 4.40. The van der Waals surface area contributed by atoms with Crippen LogP contribution < -0.4 is 9.47 Å². The van der Waals surface area contributed by atoms with Crippen molar-refractivity contribution in [2.24, 2.45) is 0 Å². The van der Waals surface area contributed by atoms with E-state index in [1.807, 2.05) is 24.4 Å². The van der Waals surface area contributed by atoms with Gasteiger partial charge in [-0.15, -0.1) is 0 Å². The maximum atomic E-state index is 12.3. The van der Waals surface area contributed by atoms with Crippen LogP contribution in [0.1, 0.15) is 42.6 Å². The molecule has 1 aromatic heterocycles. The maximum Gasteiger partial charge on any atom is 0.303 e. The first-order valence-electron chi connectivity index (χ1n) is 11.1. The summed E-state index contributed by atoms with van der Waals surface area (Å²) in [5.74, 6) is 1.19. The summed E-state index contributed by atoms with van der Waals surface area (Å²) >= 11 is 0. The van der Waals surface area contributed by atoms with Gasteiger partial charge in [-0.2, -0.15) is 0 Å². The molecule has 0 spiro atoms. The van der Waals surface area contributed by atoms with Crippen molar-refractivity contribution < 1.29 is 19.0 Å². The Morgan fingerprint density at radius 1 is 1.09 bits per heavy atom. The second-order valence-corrected chi connectivity index (χ2v) is 8.63. The molecule has 0 radical (unpaired) electrons. The highest BCUT2D eigenvalue weighted by atomic mass is 16.6. The minimum absolute atomic E-state index is 0.104. The van der Waals surface area contributed by atoms with Gasteiger partial charge in [-0.05, 0) is 41.1 Å². The van der Waals surface area contributed by atoms with E-state index in [-0.39, 0.29) is 12.0 Å². The fourth-order valence-corrected chi connectivity index (χ4v) is 5.44. The SMILES string of the molecule is COc1cc2c(cc1OC)C1CC(OC(C)=O)(c3nccc4ccccc34)CCN1CC2. The Morgan fingerprint density at radius 2 is 1.88 bits per heavy atom. The largest absolute Gasteiger partial charge is 0.493 e. The zero-order valence-electron chi connectivity index (χ0n) is 18.8. The third kappa shape index (κ3) is 3.39. The maximum absolute atomic E-state index is 12.3. The second kappa shape index (κ2) is 8.10. The van der Waals surface area contributed by atoms with Gasteiger partial charge in [-0.3, -0.25) is 14.7 Å². The molecule has 0 amide bonds. The molecule has 2 unspecified atom stereocenters. The van der Waals surface area contributed by atoms with E-state index in [1.165, 1.54) is 18.1 Å². The molecule has 0 N–H and O–H groups in total. The highest BCUT2D eigenvalue weighted by Crippen LogP contribution is 2.49. The number of carbonyl (C=O) groups excluding carboxylic acids is 1. The molecule has 0 saturated carbocycles. The Labute approximate surface area is 188 Å². The Hall–Kier alpha value is -3.12. The number of aromatic nitrogens is 1. The first-order chi connectivity index (χ1) is 15.5. The van der Waals surface area contributed by atoms with Gasteiger partial charge in [0.25, 0.3) is 0 Å². The van der Waals surface area contributed by atoms with E-state index in [0.29, 0.717) is 12.8 Å². The standard InChI is InChI=1S/C26H28N2O4/c1-17(29)32-26(25-20-7-5-4-6-18(20)8-11-27-25)10-13-28-12-9-19-14-23(30-2)24(31-3)15-21(19)22(28)16-26/h4-8,11,14-15,22H,9-10,12-13,16H2,1-3H3. The molecule has 2 aliphatic rings. The molecule has 2 aliphatic heterocycles. The number of ether oxygens (including phenoxy) is 3. The summed E-state index contributed by atoms with van der Waals surface area (Å²) in [5, 5.41) is 2.13. The molecule has 3 heterocycles. The van der Waals surface area contributed by atoms with Gasteiger partial charge in [0, 0.05) is 50.5 Å². The van der Waals surface area contributed by atoms with Crippen LogP contribution in [0.3, 0.4) is 0 Å². The molecular formula is C26H28N2O4. The number of hydrogen-bond acceptors (Lipinski definition) is 6. The molecule has 6 heteroatoms. The monoisotopic (exact) mass is 432 g/mol. The summed E-state index contributed by atoms with van der Waals surface area (Å²) in [6, 6.07) is 14.5. The zero-order valence-corrected chi connectivity index (χ0v) is 18.8. The van der Waals surface area contributed by atoms with E-state index in [4.69, 9.17) is 19.2 Å². The first kappa shape index (κ1) is 20.8. The quantitative estimate of drug-likeness (QED) is 0.570. The van der Waals surface area contributed by atoms with Crippen LogP contribution in [0, 0.1) is 0 Å². The fourth-order valence-electron chi connectivity index (χ4n) is 5.44. The minimum atomic E-state index is -0.782. The number of methoxy groups -OCH3 is 2. The fraction of sp³-hybridized carbons (Fsp3) is 0.385. The van der Waals surface area contributed by atoms with Gasteiger partial charge in [0.15, 0.2) is 17.1 Å². The Morgan fingerprint density at radius 3 is 2.66 bits per heavy atom. The number of esters is 1. The molecule has 2 aromatic carbocycles. The highest BCUT2D eigenvalue weighted by molar-refractivity contribution is 5.85. The number of pyridine rings is 1. The number of carbonyl (C=O) groups is 1. The summed E-state index contributed by atoms with van der Waals surface area (Å²) < 4.78 is 17.3. The van der Waals surface area contributed by atoms with Crippen molar-refractivity contribution >= 4 is 16.7 Å². The van der Waals surface area contributed by atoms with Crippen molar-refractivity contribution in [1.82, 2.24) is 9.88 Å². The van der Waals surface area contributed by atoms with Gasteiger partial charge in [0.2, 0.25) is 0 Å². The molecule has 6 nitrogen and oxygen atoms in total. The second-order valence-electron chi connectivity index (χ2n) is 8.63. The summed E-state index contributed by atoms with van der Waals surface area (Å²) in [6.45, 7) is 3.28. The minimum Gasteiger partial charge on any atom is -0.493 e. The van der Waals surface area contributed by atoms with Crippen LogP contribution in [0.15, 0.2) is 48.7 Å². The van der Waals surface area contributed by atoms with Crippen molar-refractivity contribution in [3.05, 3.63) is 65.5 Å². The topological polar surface area (TPSA) is 60.9 Å². The zero-order chi connectivity index (χ0) is 22.3. The van der Waals surface area contributed by atoms with E-state index in [0.717, 1.165) is 47.5 Å². The number of rotatable bonds is 4. The number of fused-ring (bicyclic) bond motifs is 4. The predicted molar refractivity (Wildman–Crippen MR) is 122 cm³/mol. The molecule has 5 rings (SSSR count). The van der Waals surface area contributed by atoms with Crippen molar-refractivity contribution in [2.75, 3.05) is 27.3 Å². The van der Waals surface area contributed by atoms with E-state index >= 15 is 0 Å². The first-order valence-corrected chi connectivity index (χ1v) is 11.1. The Kier molecular flexibility index (Phi) is 5.25. The van der Waals surface area contributed by atoms with Crippen LogP contribution in [0.5, 0.6) is 11.5 Å². The Bertz CT molecular complexity index is 1170.